The molecule has 1 aromatic rings. The lowest BCUT2D eigenvalue weighted by Crippen LogP contribution is -2.21. The van der Waals surface area contributed by atoms with Gasteiger partial charge in [0.2, 0.25) is 0 Å². The molecule has 0 saturated carbocycles. The molecule has 0 aliphatic rings. The largest absolute Gasteiger partial charge is 0.468 e. The fourth-order valence-corrected chi connectivity index (χ4v) is 1.41. The van der Waals surface area contributed by atoms with Crippen LogP contribution in [0.5, 0.6) is 5.19 Å². The predicted octanol–water partition coefficient (Wildman–Crippen LogP) is 1.22. The highest BCUT2D eigenvalue weighted by atomic mass is 32.1. The summed E-state index contributed by atoms with van der Waals surface area (Å²) in [5.41, 5.74) is 0. The molecule has 0 bridgehead atoms. The van der Waals surface area contributed by atoms with Crippen molar-refractivity contribution < 1.29 is 4.74 Å². The molecule has 4 nitrogen and oxygen atoms in total. The molecule has 0 aliphatic heterocycles. The van der Waals surface area contributed by atoms with Crippen molar-refractivity contribution in [3.8, 4) is 5.19 Å². The van der Waals surface area contributed by atoms with E-state index in [9.17, 15) is 0 Å². The van der Waals surface area contributed by atoms with Crippen molar-refractivity contribution in [2.75, 3.05) is 19.7 Å². The second-order valence-corrected chi connectivity index (χ2v) is 3.42. The first-order chi connectivity index (χ1) is 6.33. The third-order valence-electron chi connectivity index (χ3n) is 1.44. The van der Waals surface area contributed by atoms with Crippen molar-refractivity contribution in [1.82, 2.24) is 14.7 Å². The molecular weight excluding hydrogens is 186 g/mol. The van der Waals surface area contributed by atoms with Crippen molar-refractivity contribution in [2.45, 2.75) is 20.3 Å². The van der Waals surface area contributed by atoms with Gasteiger partial charge in [0.05, 0.1) is 0 Å². The first-order valence-corrected chi connectivity index (χ1v) is 5.24. The van der Waals surface area contributed by atoms with E-state index in [1.54, 1.807) is 0 Å². The van der Waals surface area contributed by atoms with Crippen LogP contribution in [0.25, 0.3) is 0 Å². The molecule has 0 aliphatic carbocycles. The van der Waals surface area contributed by atoms with Gasteiger partial charge in [-0.2, -0.15) is 9.36 Å². The van der Waals surface area contributed by atoms with E-state index in [2.05, 4.69) is 21.6 Å². The van der Waals surface area contributed by atoms with Crippen molar-refractivity contribution in [2.24, 2.45) is 0 Å². The van der Waals surface area contributed by atoms with Crippen molar-refractivity contribution in [1.29, 1.82) is 0 Å². The van der Waals surface area contributed by atoms with E-state index in [0.717, 1.165) is 25.3 Å². The highest BCUT2D eigenvalue weighted by Gasteiger charge is 1.99. The molecule has 1 heterocycles. The first-order valence-electron chi connectivity index (χ1n) is 4.46. The standard InChI is InChI=1S/C8H15N3OS/c1-3-4-9-5-6-12-8-10-7(2)11-13-8/h9H,3-6H2,1-2H3. The van der Waals surface area contributed by atoms with Crippen LogP contribution in [-0.4, -0.2) is 29.1 Å². The molecular formula is C8H15N3OS. The Morgan fingerprint density at radius 1 is 1.46 bits per heavy atom. The van der Waals surface area contributed by atoms with Gasteiger partial charge in [-0.25, -0.2) is 0 Å². The summed E-state index contributed by atoms with van der Waals surface area (Å²) in [6.07, 6.45) is 1.15. The Morgan fingerprint density at radius 2 is 2.31 bits per heavy atom. The van der Waals surface area contributed by atoms with Gasteiger partial charge in [-0.15, -0.1) is 0 Å². The quantitative estimate of drug-likeness (QED) is 0.703. The van der Waals surface area contributed by atoms with E-state index < -0.39 is 0 Å². The fourth-order valence-electron chi connectivity index (χ4n) is 0.849. The number of hydrogen-bond acceptors (Lipinski definition) is 5. The van der Waals surface area contributed by atoms with Gasteiger partial charge in [0.25, 0.3) is 5.19 Å². The van der Waals surface area contributed by atoms with Crippen LogP contribution in [0.15, 0.2) is 0 Å². The van der Waals surface area contributed by atoms with Gasteiger partial charge in [-0.05, 0) is 19.9 Å². The van der Waals surface area contributed by atoms with Gasteiger partial charge in [0.15, 0.2) is 0 Å². The molecule has 0 fully saturated rings. The van der Waals surface area contributed by atoms with Gasteiger partial charge >= 0.3 is 0 Å². The lowest BCUT2D eigenvalue weighted by Gasteiger charge is -2.02. The van der Waals surface area contributed by atoms with E-state index in [1.165, 1.54) is 11.5 Å². The normalized spacial score (nSPS) is 10.3. The molecule has 0 saturated heterocycles. The van der Waals surface area contributed by atoms with Crippen LogP contribution in [0.3, 0.4) is 0 Å². The molecule has 74 valence electrons. The molecule has 0 radical (unpaired) electrons. The maximum absolute atomic E-state index is 5.36. The second-order valence-electron chi connectivity index (χ2n) is 2.71. The second kappa shape index (κ2) is 5.88. The van der Waals surface area contributed by atoms with E-state index in [0.29, 0.717) is 11.8 Å². The Labute approximate surface area is 82.5 Å². The molecule has 1 aromatic heterocycles. The van der Waals surface area contributed by atoms with Crippen LogP contribution in [0.1, 0.15) is 19.2 Å². The van der Waals surface area contributed by atoms with Gasteiger partial charge in [-0.3, -0.25) is 0 Å². The van der Waals surface area contributed by atoms with Crippen LogP contribution in [0, 0.1) is 6.92 Å². The van der Waals surface area contributed by atoms with Crippen molar-refractivity contribution in [3.05, 3.63) is 5.82 Å². The van der Waals surface area contributed by atoms with Gasteiger partial charge in [0.1, 0.15) is 12.4 Å². The summed E-state index contributed by atoms with van der Waals surface area (Å²) in [6, 6.07) is 0. The number of ether oxygens (including phenoxy) is 1. The van der Waals surface area contributed by atoms with Gasteiger partial charge in [-0.1, -0.05) is 6.92 Å². The summed E-state index contributed by atoms with van der Waals surface area (Å²) in [5.74, 6) is 0.779. The van der Waals surface area contributed by atoms with Crippen LogP contribution in [0.2, 0.25) is 0 Å². The summed E-state index contributed by atoms with van der Waals surface area (Å²) in [7, 11) is 0. The number of aromatic nitrogens is 2. The summed E-state index contributed by atoms with van der Waals surface area (Å²) >= 11 is 1.30. The third-order valence-corrected chi connectivity index (χ3v) is 2.16. The average Bonchev–Trinajstić information content (AvgIpc) is 2.51. The zero-order valence-electron chi connectivity index (χ0n) is 8.04. The highest BCUT2D eigenvalue weighted by Crippen LogP contribution is 2.12. The number of nitrogens with zero attached hydrogens (tertiary/aromatic N) is 2. The number of nitrogens with one attached hydrogen (secondary N) is 1. The smallest absolute Gasteiger partial charge is 0.293 e. The maximum atomic E-state index is 5.36. The van der Waals surface area contributed by atoms with Crippen LogP contribution >= 0.6 is 11.5 Å². The van der Waals surface area contributed by atoms with E-state index in [-0.39, 0.29) is 0 Å². The Bertz CT molecular complexity index is 239. The summed E-state index contributed by atoms with van der Waals surface area (Å²) in [6.45, 7) is 6.57. The van der Waals surface area contributed by atoms with Crippen molar-refractivity contribution >= 4 is 11.5 Å². The summed E-state index contributed by atoms with van der Waals surface area (Å²) in [5, 5.41) is 3.91. The van der Waals surface area contributed by atoms with Crippen LogP contribution < -0.4 is 10.1 Å². The van der Waals surface area contributed by atoms with E-state index >= 15 is 0 Å². The molecule has 0 amide bonds. The Hall–Kier alpha value is -0.680. The Balaban J connectivity index is 2.06. The monoisotopic (exact) mass is 201 g/mol. The molecule has 0 aromatic carbocycles. The van der Waals surface area contributed by atoms with Crippen LogP contribution in [0.4, 0.5) is 0 Å². The first kappa shape index (κ1) is 10.4. The number of rotatable bonds is 6. The molecule has 0 unspecified atom stereocenters. The molecule has 5 heteroatoms. The lowest BCUT2D eigenvalue weighted by atomic mass is 10.5. The van der Waals surface area contributed by atoms with Gasteiger partial charge in [0, 0.05) is 18.1 Å². The SMILES string of the molecule is CCCNCCOc1nc(C)ns1. The highest BCUT2D eigenvalue weighted by molar-refractivity contribution is 7.07. The molecule has 0 spiro atoms. The minimum atomic E-state index is 0.661. The van der Waals surface area contributed by atoms with Crippen molar-refractivity contribution in [3.63, 3.8) is 0 Å². The third kappa shape index (κ3) is 4.19. The minimum absolute atomic E-state index is 0.661. The Morgan fingerprint density at radius 3 is 2.92 bits per heavy atom. The number of hydrogen-bond donors (Lipinski definition) is 1. The zero-order chi connectivity index (χ0) is 9.52. The number of aryl methyl sites for hydroxylation is 1. The summed E-state index contributed by atoms with van der Waals surface area (Å²) < 4.78 is 9.37. The molecule has 1 rings (SSSR count). The van der Waals surface area contributed by atoms with Gasteiger partial charge < -0.3 is 10.1 Å². The Kier molecular flexibility index (Phi) is 4.70. The zero-order valence-corrected chi connectivity index (χ0v) is 8.86. The van der Waals surface area contributed by atoms with Crippen LogP contribution in [-0.2, 0) is 0 Å². The minimum Gasteiger partial charge on any atom is -0.468 e. The predicted molar refractivity (Wildman–Crippen MR) is 53.3 cm³/mol. The maximum Gasteiger partial charge on any atom is 0.293 e. The van der Waals surface area contributed by atoms with E-state index in [1.807, 2.05) is 6.92 Å². The summed E-state index contributed by atoms with van der Waals surface area (Å²) in [4.78, 5) is 4.09. The molecule has 1 N–H and O–H groups in total. The molecule has 0 atom stereocenters. The average molecular weight is 201 g/mol. The topological polar surface area (TPSA) is 47.0 Å². The molecule has 13 heavy (non-hydrogen) atoms. The lowest BCUT2D eigenvalue weighted by molar-refractivity contribution is 0.312. The van der Waals surface area contributed by atoms with E-state index in [4.69, 9.17) is 4.74 Å². The fraction of sp³-hybridized carbons (Fsp3) is 0.750.